The van der Waals surface area contributed by atoms with Crippen molar-refractivity contribution in [1.29, 1.82) is 0 Å². The van der Waals surface area contributed by atoms with Gasteiger partial charge in [-0.25, -0.2) is 8.42 Å². The molecule has 0 radical (unpaired) electrons. The van der Waals surface area contributed by atoms with Gasteiger partial charge in [0.25, 0.3) is 20.1 Å². The number of ether oxygens (including phenoxy) is 1. The first-order valence-corrected chi connectivity index (χ1v) is 15.5. The van der Waals surface area contributed by atoms with E-state index in [0.29, 0.717) is 22.2 Å². The molecule has 0 unspecified atom stereocenters. The number of fused-ring (bicyclic) bond motifs is 1. The molecule has 0 aromatic heterocycles. The van der Waals surface area contributed by atoms with E-state index in [9.17, 15) is 26.2 Å². The van der Waals surface area contributed by atoms with Gasteiger partial charge in [0.05, 0.1) is 21.0 Å². The Morgan fingerprint density at radius 1 is 0.833 bits per heavy atom. The maximum Gasteiger partial charge on any atom is 0.294 e. The van der Waals surface area contributed by atoms with E-state index in [1.165, 1.54) is 24.3 Å². The maximum absolute atomic E-state index is 13.6. The number of para-hydroxylation sites is 1. The van der Waals surface area contributed by atoms with Gasteiger partial charge in [-0.2, -0.15) is 13.5 Å². The minimum absolute atomic E-state index is 0.0616. The first-order chi connectivity index (χ1) is 19.9. The normalized spacial score (nSPS) is 14.0. The van der Waals surface area contributed by atoms with Crippen molar-refractivity contribution in [3.8, 4) is 11.5 Å². The Bertz CT molecular complexity index is 1980. The monoisotopic (exact) mass is 623 g/mol. The molecule has 0 fully saturated rings. The van der Waals surface area contributed by atoms with E-state index in [-0.39, 0.29) is 27.4 Å². The largest absolute Gasteiger partial charge is 0.455 e. The summed E-state index contributed by atoms with van der Waals surface area (Å²) in [6, 6.07) is 21.6. The van der Waals surface area contributed by atoms with E-state index < -0.39 is 30.8 Å². The minimum atomic E-state index is -4.75. The number of nitrogens with zero attached hydrogens (tertiary/aromatic N) is 1. The Morgan fingerprint density at radius 3 is 2.24 bits per heavy atom. The topological polar surface area (TPSA) is 151 Å². The van der Waals surface area contributed by atoms with Crippen LogP contribution in [0, 0.1) is 6.92 Å². The molecule has 0 aliphatic heterocycles. The van der Waals surface area contributed by atoms with Gasteiger partial charge in [0.2, 0.25) is 5.78 Å². The summed E-state index contributed by atoms with van der Waals surface area (Å²) in [5.41, 5.74) is 3.37. The van der Waals surface area contributed by atoms with E-state index in [2.05, 4.69) is 15.2 Å². The van der Waals surface area contributed by atoms with Crippen LogP contribution in [0.1, 0.15) is 21.5 Å². The molecular weight excluding hydrogens is 602 g/mol. The lowest BCUT2D eigenvalue weighted by Crippen LogP contribution is -2.23. The number of hydrazone groups is 1. The lowest BCUT2D eigenvalue weighted by atomic mass is 9.93. The summed E-state index contributed by atoms with van der Waals surface area (Å²) >= 11 is 6.17. The van der Waals surface area contributed by atoms with Gasteiger partial charge in [-0.15, -0.1) is 0 Å². The summed E-state index contributed by atoms with van der Waals surface area (Å²) < 4.78 is 68.1. The quantitative estimate of drug-likeness (QED) is 0.156. The molecule has 0 saturated heterocycles. The van der Waals surface area contributed by atoms with Gasteiger partial charge in [0, 0.05) is 5.02 Å². The molecule has 42 heavy (non-hydrogen) atoms. The average molecular weight is 624 g/mol. The molecule has 1 aliphatic rings. The van der Waals surface area contributed by atoms with Gasteiger partial charge in [-0.05, 0) is 73.2 Å². The fourth-order valence-electron chi connectivity index (χ4n) is 4.05. The van der Waals surface area contributed by atoms with Crippen LogP contribution in [0.15, 0.2) is 106 Å². The van der Waals surface area contributed by atoms with Crippen LogP contribution in [0.25, 0.3) is 6.08 Å². The Labute approximate surface area is 247 Å². The van der Waals surface area contributed by atoms with E-state index in [0.717, 1.165) is 17.7 Å². The molecule has 13 heteroatoms. The highest BCUT2D eigenvalue weighted by atomic mass is 35.5. The van der Waals surface area contributed by atoms with Gasteiger partial charge in [-0.3, -0.25) is 19.5 Å². The van der Waals surface area contributed by atoms with Gasteiger partial charge in [0.15, 0.2) is 5.75 Å². The first-order valence-electron chi connectivity index (χ1n) is 12.2. The molecule has 0 bridgehead atoms. The molecule has 0 saturated carbocycles. The molecular formula is C29H22ClN3O7S2. The zero-order valence-corrected chi connectivity index (χ0v) is 24.2. The van der Waals surface area contributed by atoms with Crippen LogP contribution in [0.3, 0.4) is 0 Å². The van der Waals surface area contributed by atoms with Crippen LogP contribution in [0.2, 0.25) is 5.02 Å². The van der Waals surface area contributed by atoms with Crippen molar-refractivity contribution in [3.05, 3.63) is 113 Å². The molecule has 10 nitrogen and oxygen atoms in total. The molecule has 3 N–H and O–H groups in total. The molecule has 1 aliphatic carbocycles. The van der Waals surface area contributed by atoms with Crippen LogP contribution in [-0.2, 0) is 20.1 Å². The summed E-state index contributed by atoms with van der Waals surface area (Å²) in [6.07, 6.45) is 2.71. The molecule has 0 spiro atoms. The first kappa shape index (κ1) is 29.0. The van der Waals surface area contributed by atoms with Gasteiger partial charge >= 0.3 is 0 Å². The van der Waals surface area contributed by atoms with Gasteiger partial charge in [0.1, 0.15) is 17.1 Å². The van der Waals surface area contributed by atoms with Crippen LogP contribution >= 0.6 is 11.6 Å². The molecule has 0 atom stereocenters. The Morgan fingerprint density at radius 2 is 1.55 bits per heavy atom. The van der Waals surface area contributed by atoms with Crippen molar-refractivity contribution in [2.75, 3.05) is 10.1 Å². The fourth-order valence-corrected chi connectivity index (χ4v) is 5.82. The number of anilines is 2. The van der Waals surface area contributed by atoms with E-state index in [1.54, 1.807) is 61.5 Å². The fraction of sp³-hybridized carbons (Fsp3) is 0.0345. The van der Waals surface area contributed by atoms with Crippen LogP contribution in [0.4, 0.5) is 11.4 Å². The number of carbonyl (C=O) groups is 1. The number of hydrogen-bond acceptors (Lipinski definition) is 8. The van der Waals surface area contributed by atoms with Crippen LogP contribution < -0.4 is 14.9 Å². The third-order valence-corrected chi connectivity index (χ3v) is 8.55. The Hall–Kier alpha value is -4.49. The summed E-state index contributed by atoms with van der Waals surface area (Å²) in [6.45, 7) is 1.79. The SMILES string of the molecule is Cc1ccc(S(=O)(=O)Nc2cc(S(=O)(=O)O)cc3c2C(=O)/C(=N\Nc2cc(Cl)ccc2Oc2ccccc2)C=C3)cc1. The number of nitrogens with one attached hydrogen (secondary N) is 2. The third-order valence-electron chi connectivity index (χ3n) is 6.11. The van der Waals surface area contributed by atoms with Crippen molar-refractivity contribution < 1.29 is 30.9 Å². The zero-order chi connectivity index (χ0) is 30.1. The Kier molecular flexibility index (Phi) is 7.89. The highest BCUT2D eigenvalue weighted by molar-refractivity contribution is 7.92. The zero-order valence-electron chi connectivity index (χ0n) is 21.8. The number of ketones is 1. The summed E-state index contributed by atoms with van der Waals surface area (Å²) in [4.78, 5) is 12.9. The highest BCUT2D eigenvalue weighted by Crippen LogP contribution is 2.34. The van der Waals surface area contributed by atoms with Crippen molar-refractivity contribution in [2.24, 2.45) is 5.10 Å². The number of allylic oxidation sites excluding steroid dienone is 1. The molecule has 0 amide bonds. The smallest absolute Gasteiger partial charge is 0.294 e. The van der Waals surface area contributed by atoms with Crippen LogP contribution in [0.5, 0.6) is 11.5 Å². The standard InChI is InChI=1S/C29H22ClN3O7S2/c1-18-7-11-22(12-8-18)41(35,36)33-26-17-23(42(37,38)39)15-19-9-13-24(29(34)28(19)26)31-32-25-16-20(30)10-14-27(25)40-21-5-3-2-4-6-21/h2-17,32-33H,1H3,(H,37,38,39)/b31-24-. The summed E-state index contributed by atoms with van der Waals surface area (Å²) in [7, 11) is -9.00. The number of halogens is 1. The van der Waals surface area contributed by atoms with E-state index in [1.807, 2.05) is 6.07 Å². The second kappa shape index (κ2) is 11.4. The van der Waals surface area contributed by atoms with E-state index >= 15 is 0 Å². The number of hydrogen-bond donors (Lipinski definition) is 3. The summed E-state index contributed by atoms with van der Waals surface area (Å²) in [5.74, 6) is 0.209. The van der Waals surface area contributed by atoms with Crippen molar-refractivity contribution in [2.45, 2.75) is 16.7 Å². The predicted octanol–water partition coefficient (Wildman–Crippen LogP) is 6.17. The number of carbonyl (C=O) groups excluding carboxylic acids is 1. The number of Topliss-reactive ketones (excluding diaryl/α,β-unsaturated/α-hetero) is 1. The second-order valence-electron chi connectivity index (χ2n) is 9.16. The highest BCUT2D eigenvalue weighted by Gasteiger charge is 2.28. The number of benzene rings is 4. The summed E-state index contributed by atoms with van der Waals surface area (Å²) in [5, 5.41) is 4.57. The van der Waals surface area contributed by atoms with Crippen LogP contribution in [-0.4, -0.2) is 32.9 Å². The predicted molar refractivity (Wildman–Crippen MR) is 161 cm³/mol. The van der Waals surface area contributed by atoms with Gasteiger partial charge in [-0.1, -0.05) is 53.6 Å². The molecule has 0 heterocycles. The number of sulfonamides is 1. The Balaban J connectivity index is 1.52. The third kappa shape index (κ3) is 6.37. The molecule has 5 rings (SSSR count). The maximum atomic E-state index is 13.6. The minimum Gasteiger partial charge on any atom is -0.455 e. The average Bonchev–Trinajstić information content (AvgIpc) is 2.94. The number of aryl methyl sites for hydroxylation is 1. The van der Waals surface area contributed by atoms with Crippen molar-refractivity contribution in [1.82, 2.24) is 0 Å². The molecule has 214 valence electrons. The van der Waals surface area contributed by atoms with Crippen molar-refractivity contribution >= 4 is 60.7 Å². The van der Waals surface area contributed by atoms with Crippen molar-refractivity contribution in [3.63, 3.8) is 0 Å². The second-order valence-corrected chi connectivity index (χ2v) is 12.7. The molecule has 4 aromatic rings. The molecule has 4 aromatic carbocycles. The number of rotatable bonds is 8. The lowest BCUT2D eigenvalue weighted by Gasteiger charge is -2.19. The van der Waals surface area contributed by atoms with E-state index in [4.69, 9.17) is 16.3 Å². The lowest BCUT2D eigenvalue weighted by molar-refractivity contribution is 0.106. The van der Waals surface area contributed by atoms with Gasteiger partial charge < -0.3 is 4.74 Å².